The second-order valence-corrected chi connectivity index (χ2v) is 9.23. The van der Waals surface area contributed by atoms with Gasteiger partial charge in [0, 0.05) is 12.1 Å². The number of carbonyl (C=O) groups is 2. The highest BCUT2D eigenvalue weighted by Gasteiger charge is 2.36. The van der Waals surface area contributed by atoms with Gasteiger partial charge in [-0.15, -0.1) is 0 Å². The average molecular weight is 389 g/mol. The fourth-order valence-electron chi connectivity index (χ4n) is 2.91. The van der Waals surface area contributed by atoms with Gasteiger partial charge in [0.2, 0.25) is 0 Å². The molecule has 1 aromatic rings. The number of aryl methyl sites for hydroxylation is 1. The summed E-state index contributed by atoms with van der Waals surface area (Å²) in [6.07, 6.45) is 1.09. The molecule has 140 valence electrons. The number of nitrogens with zero attached hydrogens (tertiary/aromatic N) is 2. The number of hydrogen-bond acceptors (Lipinski definition) is 8. The summed E-state index contributed by atoms with van der Waals surface area (Å²) in [7, 11) is -3.12. The molecule has 1 aromatic heterocycles. The first-order chi connectivity index (χ1) is 11.7. The Labute approximate surface area is 151 Å². The zero-order valence-corrected chi connectivity index (χ0v) is 16.2. The van der Waals surface area contributed by atoms with Crippen LogP contribution in [-0.4, -0.2) is 59.8 Å². The molecule has 1 fully saturated rings. The van der Waals surface area contributed by atoms with E-state index in [2.05, 4.69) is 4.37 Å². The fourth-order valence-corrected chi connectivity index (χ4v) is 5.27. The van der Waals surface area contributed by atoms with Gasteiger partial charge in [-0.1, -0.05) is 6.92 Å². The van der Waals surface area contributed by atoms with Crippen LogP contribution in [0.1, 0.15) is 42.7 Å². The minimum atomic E-state index is -3.12. The first kappa shape index (κ1) is 19.6. The number of aromatic nitrogens is 1. The third-order valence-corrected chi connectivity index (χ3v) is 6.89. The number of ether oxygens (including phenoxy) is 1. The Morgan fingerprint density at radius 1 is 1.48 bits per heavy atom. The van der Waals surface area contributed by atoms with Crippen LogP contribution in [0.5, 0.6) is 0 Å². The number of sulfone groups is 1. The lowest BCUT2D eigenvalue weighted by atomic mass is 10.1. The first-order valence-corrected chi connectivity index (χ1v) is 10.7. The molecule has 0 bridgehead atoms. The van der Waals surface area contributed by atoms with Gasteiger partial charge in [0.15, 0.2) is 16.4 Å². The number of nitrogens with two attached hydrogens (primary N) is 1. The van der Waals surface area contributed by atoms with Crippen LogP contribution in [0, 0.1) is 6.92 Å². The number of rotatable bonds is 6. The quantitative estimate of drug-likeness (QED) is 0.721. The standard InChI is InChI=1S/C15H23N3O5S2/c1-4-9(2)18(11-5-6-25(21,22)8-11)12(19)7-23-15(20)13-10(3)17-24-14(13)16/h9,11H,4-8,16H2,1-3H3/t9-,11+/m0/s1. The summed E-state index contributed by atoms with van der Waals surface area (Å²) in [5, 5.41) is 0.246. The average Bonchev–Trinajstić information content (AvgIpc) is 3.06. The lowest BCUT2D eigenvalue weighted by molar-refractivity contribution is -0.138. The maximum Gasteiger partial charge on any atom is 0.343 e. The van der Waals surface area contributed by atoms with Crippen molar-refractivity contribution < 1.29 is 22.7 Å². The van der Waals surface area contributed by atoms with Crippen LogP contribution >= 0.6 is 11.5 Å². The molecular weight excluding hydrogens is 366 g/mol. The van der Waals surface area contributed by atoms with E-state index in [1.165, 1.54) is 0 Å². The van der Waals surface area contributed by atoms with Crippen molar-refractivity contribution in [3.8, 4) is 0 Å². The summed E-state index contributed by atoms with van der Waals surface area (Å²) in [4.78, 5) is 26.3. The van der Waals surface area contributed by atoms with Crippen LogP contribution in [0.2, 0.25) is 0 Å². The summed E-state index contributed by atoms with van der Waals surface area (Å²) in [6, 6.07) is -0.514. The number of nitrogen functional groups attached to an aromatic ring is 1. The predicted molar refractivity (Wildman–Crippen MR) is 95.2 cm³/mol. The molecule has 8 nitrogen and oxygen atoms in total. The summed E-state index contributed by atoms with van der Waals surface area (Å²) >= 11 is 0.993. The molecule has 1 aliphatic heterocycles. The summed E-state index contributed by atoms with van der Waals surface area (Å²) < 4.78 is 32.5. The normalized spacial score (nSPS) is 20.2. The van der Waals surface area contributed by atoms with Crippen LogP contribution in [-0.2, 0) is 19.4 Å². The molecule has 2 atom stereocenters. The van der Waals surface area contributed by atoms with E-state index >= 15 is 0 Å². The van der Waals surface area contributed by atoms with Crippen molar-refractivity contribution >= 4 is 38.2 Å². The minimum Gasteiger partial charge on any atom is -0.452 e. The molecule has 10 heteroatoms. The molecule has 0 unspecified atom stereocenters. The predicted octanol–water partition coefficient (Wildman–Crippen LogP) is 1.00. The van der Waals surface area contributed by atoms with Gasteiger partial charge in [0.05, 0.1) is 17.2 Å². The van der Waals surface area contributed by atoms with Gasteiger partial charge < -0.3 is 15.4 Å². The first-order valence-electron chi connectivity index (χ1n) is 8.06. The van der Waals surface area contributed by atoms with Crippen molar-refractivity contribution in [2.45, 2.75) is 45.7 Å². The lowest BCUT2D eigenvalue weighted by Gasteiger charge is -2.33. The molecule has 2 N–H and O–H groups in total. The van der Waals surface area contributed by atoms with Crippen molar-refractivity contribution in [1.82, 2.24) is 9.27 Å². The van der Waals surface area contributed by atoms with Crippen LogP contribution in [0.3, 0.4) is 0 Å². The molecular formula is C15H23N3O5S2. The molecule has 1 amide bonds. The van der Waals surface area contributed by atoms with E-state index in [1.807, 2.05) is 13.8 Å². The molecule has 1 aliphatic rings. The largest absolute Gasteiger partial charge is 0.452 e. The highest BCUT2D eigenvalue weighted by atomic mass is 32.2. The van der Waals surface area contributed by atoms with E-state index in [0.29, 0.717) is 18.5 Å². The number of esters is 1. The Balaban J connectivity index is 2.06. The molecule has 1 saturated heterocycles. The van der Waals surface area contributed by atoms with Gasteiger partial charge in [0.1, 0.15) is 10.6 Å². The summed E-state index contributed by atoms with van der Waals surface area (Å²) in [5.74, 6) is -1.06. The number of amides is 1. The van der Waals surface area contributed by atoms with Crippen molar-refractivity contribution in [2.75, 3.05) is 23.8 Å². The zero-order chi connectivity index (χ0) is 18.8. The second-order valence-electron chi connectivity index (χ2n) is 6.20. The van der Waals surface area contributed by atoms with Gasteiger partial charge in [-0.25, -0.2) is 13.2 Å². The fraction of sp³-hybridized carbons (Fsp3) is 0.667. The van der Waals surface area contributed by atoms with E-state index in [0.717, 1.165) is 11.5 Å². The molecule has 0 radical (unpaired) electrons. The van der Waals surface area contributed by atoms with E-state index in [4.69, 9.17) is 10.5 Å². The SMILES string of the molecule is CC[C@H](C)N(C(=O)COC(=O)c1c(C)nsc1N)[C@@H]1CCS(=O)(=O)C1. The smallest absolute Gasteiger partial charge is 0.343 e. The van der Waals surface area contributed by atoms with Crippen molar-refractivity contribution in [3.63, 3.8) is 0 Å². The Morgan fingerprint density at radius 3 is 2.64 bits per heavy atom. The van der Waals surface area contributed by atoms with Crippen LogP contribution < -0.4 is 5.73 Å². The molecule has 25 heavy (non-hydrogen) atoms. The maximum atomic E-state index is 12.6. The Morgan fingerprint density at radius 2 is 2.16 bits per heavy atom. The second kappa shape index (κ2) is 7.69. The Kier molecular flexibility index (Phi) is 6.04. The number of carbonyl (C=O) groups excluding carboxylic acids is 2. The molecule has 2 rings (SSSR count). The topological polar surface area (TPSA) is 120 Å². The van der Waals surface area contributed by atoms with Crippen LogP contribution in [0.4, 0.5) is 5.00 Å². The maximum absolute atomic E-state index is 12.6. The van der Waals surface area contributed by atoms with Crippen molar-refractivity contribution in [3.05, 3.63) is 11.3 Å². The van der Waals surface area contributed by atoms with Gasteiger partial charge in [-0.3, -0.25) is 4.79 Å². The van der Waals surface area contributed by atoms with Gasteiger partial charge in [0.25, 0.3) is 5.91 Å². The number of hydrogen-bond donors (Lipinski definition) is 1. The molecule has 0 aromatic carbocycles. The molecule has 0 spiro atoms. The van der Waals surface area contributed by atoms with Gasteiger partial charge >= 0.3 is 5.97 Å². The highest BCUT2D eigenvalue weighted by molar-refractivity contribution is 7.91. The number of anilines is 1. The minimum absolute atomic E-state index is 0.0441. The van der Waals surface area contributed by atoms with E-state index in [1.54, 1.807) is 11.8 Å². The van der Waals surface area contributed by atoms with E-state index in [-0.39, 0.29) is 34.2 Å². The van der Waals surface area contributed by atoms with Crippen LogP contribution in [0.25, 0.3) is 0 Å². The van der Waals surface area contributed by atoms with Crippen molar-refractivity contribution in [2.24, 2.45) is 0 Å². The van der Waals surface area contributed by atoms with Crippen LogP contribution in [0.15, 0.2) is 0 Å². The van der Waals surface area contributed by atoms with Crippen molar-refractivity contribution in [1.29, 1.82) is 0 Å². The summed E-state index contributed by atoms with van der Waals surface area (Å²) in [5.41, 5.74) is 6.34. The van der Waals surface area contributed by atoms with E-state index < -0.39 is 28.3 Å². The molecule has 0 saturated carbocycles. The highest BCUT2D eigenvalue weighted by Crippen LogP contribution is 2.23. The molecule has 2 heterocycles. The summed E-state index contributed by atoms with van der Waals surface area (Å²) in [6.45, 7) is 4.96. The van der Waals surface area contributed by atoms with Gasteiger partial charge in [-0.2, -0.15) is 4.37 Å². The molecule has 0 aliphatic carbocycles. The lowest BCUT2D eigenvalue weighted by Crippen LogP contribution is -2.48. The van der Waals surface area contributed by atoms with Gasteiger partial charge in [-0.05, 0) is 38.2 Å². The zero-order valence-electron chi connectivity index (χ0n) is 14.5. The van der Waals surface area contributed by atoms with E-state index in [9.17, 15) is 18.0 Å². The Bertz CT molecular complexity index is 740. The third-order valence-electron chi connectivity index (χ3n) is 4.38. The Hall–Kier alpha value is -1.68. The third kappa shape index (κ3) is 4.49. The monoisotopic (exact) mass is 389 g/mol.